The standard InChI is InChI=1S/C14H19NO3/c1-11(2)10-18-13-6-4-5-12(9-13)15-14(16)7-8-17-3/h4-6,9H,1,7-8,10H2,2-3H3,(H,15,16). The van der Waals surface area contributed by atoms with E-state index in [1.807, 2.05) is 25.1 Å². The Labute approximate surface area is 108 Å². The highest BCUT2D eigenvalue weighted by molar-refractivity contribution is 5.90. The van der Waals surface area contributed by atoms with Gasteiger partial charge < -0.3 is 14.8 Å². The van der Waals surface area contributed by atoms with Crippen molar-refractivity contribution in [2.45, 2.75) is 13.3 Å². The Bertz CT molecular complexity index is 415. The second-order valence-corrected chi connectivity index (χ2v) is 4.06. The first-order valence-corrected chi connectivity index (χ1v) is 5.78. The minimum absolute atomic E-state index is 0.0751. The molecule has 0 aromatic heterocycles. The SMILES string of the molecule is C=C(C)COc1cccc(NC(=O)CCOC)c1. The van der Waals surface area contributed by atoms with Crippen LogP contribution in [0.4, 0.5) is 5.69 Å². The van der Waals surface area contributed by atoms with Crippen molar-refractivity contribution < 1.29 is 14.3 Å². The molecule has 0 aliphatic heterocycles. The summed E-state index contributed by atoms with van der Waals surface area (Å²) < 4.78 is 10.3. The first-order valence-electron chi connectivity index (χ1n) is 5.78. The summed E-state index contributed by atoms with van der Waals surface area (Å²) in [5.41, 5.74) is 1.67. The van der Waals surface area contributed by atoms with Crippen molar-refractivity contribution in [1.29, 1.82) is 0 Å². The molecular weight excluding hydrogens is 230 g/mol. The summed E-state index contributed by atoms with van der Waals surface area (Å²) in [5.74, 6) is 0.636. The molecule has 0 heterocycles. The van der Waals surface area contributed by atoms with Gasteiger partial charge in [0.05, 0.1) is 13.0 Å². The van der Waals surface area contributed by atoms with Gasteiger partial charge in [-0.25, -0.2) is 0 Å². The van der Waals surface area contributed by atoms with Gasteiger partial charge in [-0.3, -0.25) is 4.79 Å². The molecule has 4 heteroatoms. The molecule has 0 spiro atoms. The number of carbonyl (C=O) groups is 1. The zero-order chi connectivity index (χ0) is 13.4. The highest BCUT2D eigenvalue weighted by Gasteiger charge is 2.03. The van der Waals surface area contributed by atoms with Crippen LogP contribution in [-0.2, 0) is 9.53 Å². The van der Waals surface area contributed by atoms with Gasteiger partial charge >= 0.3 is 0 Å². The summed E-state index contributed by atoms with van der Waals surface area (Å²) in [5, 5.41) is 2.78. The summed E-state index contributed by atoms with van der Waals surface area (Å²) >= 11 is 0. The van der Waals surface area contributed by atoms with Crippen molar-refractivity contribution in [2.75, 3.05) is 25.6 Å². The molecule has 0 radical (unpaired) electrons. The van der Waals surface area contributed by atoms with E-state index in [4.69, 9.17) is 9.47 Å². The van der Waals surface area contributed by atoms with Gasteiger partial charge in [0.15, 0.2) is 0 Å². The third-order valence-corrected chi connectivity index (χ3v) is 2.14. The van der Waals surface area contributed by atoms with Crippen LogP contribution < -0.4 is 10.1 Å². The lowest BCUT2D eigenvalue weighted by atomic mass is 10.3. The molecule has 1 aromatic carbocycles. The molecule has 0 aliphatic rings. The van der Waals surface area contributed by atoms with Crippen molar-refractivity contribution in [3.8, 4) is 5.75 Å². The van der Waals surface area contributed by atoms with E-state index in [0.29, 0.717) is 25.4 Å². The van der Waals surface area contributed by atoms with Crippen LogP contribution in [0.1, 0.15) is 13.3 Å². The molecule has 0 aliphatic carbocycles. The van der Waals surface area contributed by atoms with E-state index in [1.54, 1.807) is 13.2 Å². The summed E-state index contributed by atoms with van der Waals surface area (Å²) in [6.07, 6.45) is 0.341. The van der Waals surface area contributed by atoms with E-state index < -0.39 is 0 Å². The highest BCUT2D eigenvalue weighted by Crippen LogP contribution is 2.17. The number of carbonyl (C=O) groups excluding carboxylic acids is 1. The van der Waals surface area contributed by atoms with Crippen LogP contribution >= 0.6 is 0 Å². The Morgan fingerprint density at radius 3 is 2.89 bits per heavy atom. The minimum Gasteiger partial charge on any atom is -0.489 e. The normalized spacial score (nSPS) is 9.89. The average molecular weight is 249 g/mol. The van der Waals surface area contributed by atoms with Crippen molar-refractivity contribution >= 4 is 11.6 Å². The molecule has 0 saturated heterocycles. The molecule has 1 N–H and O–H groups in total. The molecule has 0 fully saturated rings. The average Bonchev–Trinajstić information content (AvgIpc) is 2.34. The van der Waals surface area contributed by atoms with Crippen LogP contribution in [0, 0.1) is 0 Å². The molecule has 1 aromatic rings. The number of rotatable bonds is 7. The molecule has 98 valence electrons. The number of hydrogen-bond acceptors (Lipinski definition) is 3. The number of hydrogen-bond donors (Lipinski definition) is 1. The van der Waals surface area contributed by atoms with Crippen LogP contribution in [0.2, 0.25) is 0 Å². The Morgan fingerprint density at radius 2 is 2.22 bits per heavy atom. The van der Waals surface area contributed by atoms with Gasteiger partial charge in [-0.2, -0.15) is 0 Å². The van der Waals surface area contributed by atoms with E-state index in [-0.39, 0.29) is 5.91 Å². The number of anilines is 1. The number of nitrogens with one attached hydrogen (secondary N) is 1. The predicted octanol–water partition coefficient (Wildman–Crippen LogP) is 2.62. The Kier molecular flexibility index (Phi) is 5.94. The predicted molar refractivity (Wildman–Crippen MR) is 71.9 cm³/mol. The molecule has 1 amide bonds. The lowest BCUT2D eigenvalue weighted by Gasteiger charge is -2.09. The Morgan fingerprint density at radius 1 is 1.44 bits per heavy atom. The van der Waals surface area contributed by atoms with Crippen LogP contribution in [0.15, 0.2) is 36.4 Å². The second kappa shape index (κ2) is 7.50. The molecule has 4 nitrogen and oxygen atoms in total. The van der Waals surface area contributed by atoms with Crippen LogP contribution in [0.25, 0.3) is 0 Å². The monoisotopic (exact) mass is 249 g/mol. The van der Waals surface area contributed by atoms with E-state index in [2.05, 4.69) is 11.9 Å². The lowest BCUT2D eigenvalue weighted by molar-refractivity contribution is -0.117. The fraction of sp³-hybridized carbons (Fsp3) is 0.357. The van der Waals surface area contributed by atoms with E-state index in [1.165, 1.54) is 0 Å². The quantitative estimate of drug-likeness (QED) is 0.756. The summed E-state index contributed by atoms with van der Waals surface area (Å²) in [6, 6.07) is 7.28. The van der Waals surface area contributed by atoms with Gasteiger partial charge in [-0.05, 0) is 24.6 Å². The van der Waals surface area contributed by atoms with E-state index >= 15 is 0 Å². The number of amides is 1. The fourth-order valence-electron chi connectivity index (χ4n) is 1.29. The van der Waals surface area contributed by atoms with E-state index in [0.717, 1.165) is 11.3 Å². The molecule has 1 rings (SSSR count). The van der Waals surface area contributed by atoms with E-state index in [9.17, 15) is 4.79 Å². The molecule has 0 saturated carbocycles. The molecular formula is C14H19NO3. The number of benzene rings is 1. The smallest absolute Gasteiger partial charge is 0.226 e. The summed E-state index contributed by atoms with van der Waals surface area (Å²) in [4.78, 5) is 11.5. The maximum Gasteiger partial charge on any atom is 0.226 e. The summed E-state index contributed by atoms with van der Waals surface area (Å²) in [7, 11) is 1.57. The first kappa shape index (κ1) is 14.3. The van der Waals surface area contributed by atoms with Crippen molar-refractivity contribution in [3.63, 3.8) is 0 Å². The maximum atomic E-state index is 11.5. The zero-order valence-corrected chi connectivity index (χ0v) is 10.9. The van der Waals surface area contributed by atoms with Gasteiger partial charge in [-0.1, -0.05) is 12.6 Å². The molecule has 0 unspecified atom stereocenters. The van der Waals surface area contributed by atoms with Gasteiger partial charge in [0, 0.05) is 18.9 Å². The van der Waals surface area contributed by atoms with Gasteiger partial charge in [0.2, 0.25) is 5.91 Å². The third kappa shape index (κ3) is 5.50. The van der Waals surface area contributed by atoms with Crippen LogP contribution in [-0.4, -0.2) is 26.2 Å². The molecule has 0 bridgehead atoms. The largest absolute Gasteiger partial charge is 0.489 e. The topological polar surface area (TPSA) is 47.6 Å². The zero-order valence-electron chi connectivity index (χ0n) is 10.9. The Hall–Kier alpha value is -1.81. The fourth-order valence-corrected chi connectivity index (χ4v) is 1.29. The third-order valence-electron chi connectivity index (χ3n) is 2.14. The van der Waals surface area contributed by atoms with Crippen LogP contribution in [0.5, 0.6) is 5.75 Å². The summed E-state index contributed by atoms with van der Waals surface area (Å²) in [6.45, 7) is 6.55. The van der Waals surface area contributed by atoms with Crippen molar-refractivity contribution in [2.24, 2.45) is 0 Å². The number of methoxy groups -OCH3 is 1. The van der Waals surface area contributed by atoms with Gasteiger partial charge in [-0.15, -0.1) is 0 Å². The molecule has 18 heavy (non-hydrogen) atoms. The second-order valence-electron chi connectivity index (χ2n) is 4.06. The number of ether oxygens (including phenoxy) is 2. The van der Waals surface area contributed by atoms with Crippen LogP contribution in [0.3, 0.4) is 0 Å². The Balaban J connectivity index is 2.53. The maximum absolute atomic E-state index is 11.5. The van der Waals surface area contributed by atoms with Crippen molar-refractivity contribution in [1.82, 2.24) is 0 Å². The first-order chi connectivity index (χ1) is 8.61. The van der Waals surface area contributed by atoms with Gasteiger partial charge in [0.1, 0.15) is 12.4 Å². The van der Waals surface area contributed by atoms with Crippen molar-refractivity contribution in [3.05, 3.63) is 36.4 Å². The highest BCUT2D eigenvalue weighted by atomic mass is 16.5. The minimum atomic E-state index is -0.0751. The van der Waals surface area contributed by atoms with Gasteiger partial charge in [0.25, 0.3) is 0 Å². The molecule has 0 atom stereocenters. The lowest BCUT2D eigenvalue weighted by Crippen LogP contribution is -2.13.